The fourth-order valence-electron chi connectivity index (χ4n) is 3.74. The Morgan fingerprint density at radius 3 is 2.68 bits per heavy atom. The quantitative estimate of drug-likeness (QED) is 0.271. The number of fused-ring (bicyclic) bond motifs is 1. The molecule has 0 radical (unpaired) electrons. The lowest BCUT2D eigenvalue weighted by Gasteiger charge is -2.17. The molecule has 1 amide bonds. The molecule has 38 heavy (non-hydrogen) atoms. The first-order chi connectivity index (χ1) is 18.3. The molecule has 1 aromatic heterocycles. The Kier molecular flexibility index (Phi) is 8.81. The molecule has 1 aliphatic heterocycles. The zero-order valence-corrected chi connectivity index (χ0v) is 22.0. The number of ether oxygens (including phenoxy) is 3. The summed E-state index contributed by atoms with van der Waals surface area (Å²) in [5, 5.41) is 14.9. The minimum atomic E-state index is -0.515. The largest absolute Gasteiger partial charge is 0.491 e. The van der Waals surface area contributed by atoms with Gasteiger partial charge in [0.2, 0.25) is 5.91 Å². The summed E-state index contributed by atoms with van der Waals surface area (Å²) >= 11 is 6.39. The van der Waals surface area contributed by atoms with Crippen molar-refractivity contribution in [1.82, 2.24) is 10.2 Å². The van der Waals surface area contributed by atoms with Gasteiger partial charge in [0.1, 0.15) is 5.75 Å². The highest BCUT2D eigenvalue weighted by molar-refractivity contribution is 6.33. The molecule has 0 unspecified atom stereocenters. The normalized spacial score (nSPS) is 13.2. The molecule has 0 bridgehead atoms. The van der Waals surface area contributed by atoms with Crippen molar-refractivity contribution in [3.8, 4) is 11.5 Å². The van der Waals surface area contributed by atoms with Gasteiger partial charge in [0.25, 0.3) is 0 Å². The van der Waals surface area contributed by atoms with E-state index >= 15 is 0 Å². The Morgan fingerprint density at radius 1 is 1.18 bits per heavy atom. The van der Waals surface area contributed by atoms with Gasteiger partial charge in [-0.15, -0.1) is 10.2 Å². The van der Waals surface area contributed by atoms with Crippen molar-refractivity contribution < 1.29 is 23.4 Å². The highest BCUT2D eigenvalue weighted by Crippen LogP contribution is 2.37. The summed E-state index contributed by atoms with van der Waals surface area (Å²) in [6.45, 7) is 5.89. The fourth-order valence-corrected chi connectivity index (χ4v) is 3.93. The second kappa shape index (κ2) is 12.4. The number of benzene rings is 2. The molecule has 2 heterocycles. The molecule has 198 valence electrons. The number of hydrogen-bond donors (Lipinski definition) is 2. The average Bonchev–Trinajstić information content (AvgIpc) is 2.88. The number of halogens is 2. The van der Waals surface area contributed by atoms with E-state index in [2.05, 4.69) is 20.8 Å². The molecule has 2 N–H and O–H groups in total. The van der Waals surface area contributed by atoms with E-state index in [4.69, 9.17) is 25.8 Å². The molecule has 0 fully saturated rings. The molecule has 8 nitrogen and oxygen atoms in total. The molecule has 0 spiro atoms. The van der Waals surface area contributed by atoms with Crippen molar-refractivity contribution in [2.45, 2.75) is 33.3 Å². The van der Waals surface area contributed by atoms with Crippen LogP contribution in [0.5, 0.6) is 11.5 Å². The summed E-state index contributed by atoms with van der Waals surface area (Å²) in [5.41, 5.74) is 1.75. The summed E-state index contributed by atoms with van der Waals surface area (Å²) in [5.74, 6) is -0.0962. The van der Waals surface area contributed by atoms with Crippen molar-refractivity contribution >= 4 is 45.5 Å². The minimum Gasteiger partial charge on any atom is -0.491 e. The lowest BCUT2D eigenvalue weighted by Crippen LogP contribution is -2.13. The molecule has 4 rings (SSSR count). The summed E-state index contributed by atoms with van der Waals surface area (Å²) in [6, 6.07) is 7.89. The SMILES string of the molecule is CCOc1ccc(Nc2c(Cl)nnc3cc(OC(C)C)c(NC(=O)/C=C/CC4C=COC=C4)cc23)cc1F. The molecule has 2 aromatic carbocycles. The summed E-state index contributed by atoms with van der Waals surface area (Å²) in [7, 11) is 0. The van der Waals surface area contributed by atoms with Crippen molar-refractivity contribution in [2.75, 3.05) is 17.2 Å². The van der Waals surface area contributed by atoms with E-state index in [0.29, 0.717) is 46.7 Å². The van der Waals surface area contributed by atoms with E-state index < -0.39 is 5.82 Å². The number of amides is 1. The number of anilines is 3. The maximum atomic E-state index is 14.4. The molecule has 3 aromatic rings. The fraction of sp³-hybridized carbons (Fsp3) is 0.250. The molecule has 10 heteroatoms. The van der Waals surface area contributed by atoms with Gasteiger partial charge < -0.3 is 24.8 Å². The Morgan fingerprint density at radius 2 is 1.97 bits per heavy atom. The number of carbonyl (C=O) groups excluding carboxylic acids is 1. The second-order valence-corrected chi connectivity index (χ2v) is 9.04. The van der Waals surface area contributed by atoms with Crippen molar-refractivity contribution in [1.29, 1.82) is 0 Å². The Bertz CT molecular complexity index is 1400. The van der Waals surface area contributed by atoms with Gasteiger partial charge in [-0.3, -0.25) is 4.79 Å². The van der Waals surface area contributed by atoms with E-state index in [-0.39, 0.29) is 28.8 Å². The topological polar surface area (TPSA) is 94.6 Å². The van der Waals surface area contributed by atoms with Gasteiger partial charge in [-0.25, -0.2) is 4.39 Å². The summed E-state index contributed by atoms with van der Waals surface area (Å²) < 4.78 is 30.7. The van der Waals surface area contributed by atoms with Crippen molar-refractivity contribution in [3.63, 3.8) is 0 Å². The number of allylic oxidation sites excluding steroid dienone is 3. The minimum absolute atomic E-state index is 0.0825. The first-order valence-corrected chi connectivity index (χ1v) is 12.5. The Labute approximate surface area is 225 Å². The van der Waals surface area contributed by atoms with Crippen LogP contribution in [0.15, 0.2) is 67.2 Å². The van der Waals surface area contributed by atoms with Gasteiger partial charge in [0, 0.05) is 29.1 Å². The number of rotatable bonds is 10. The van der Waals surface area contributed by atoms with Crippen LogP contribution >= 0.6 is 11.6 Å². The summed E-state index contributed by atoms with van der Waals surface area (Å²) in [4.78, 5) is 12.8. The zero-order valence-electron chi connectivity index (χ0n) is 21.2. The van der Waals surface area contributed by atoms with Gasteiger partial charge in [-0.2, -0.15) is 0 Å². The van der Waals surface area contributed by atoms with Crippen LogP contribution in [-0.2, 0) is 9.53 Å². The predicted octanol–water partition coefficient (Wildman–Crippen LogP) is 6.91. The van der Waals surface area contributed by atoms with Crippen LogP contribution in [-0.4, -0.2) is 28.8 Å². The van der Waals surface area contributed by atoms with Crippen molar-refractivity contribution in [2.24, 2.45) is 5.92 Å². The van der Waals surface area contributed by atoms with Crippen LogP contribution < -0.4 is 20.1 Å². The molecular formula is C28H28ClFN4O4. The summed E-state index contributed by atoms with van der Waals surface area (Å²) in [6.07, 6.45) is 10.8. The maximum Gasteiger partial charge on any atom is 0.248 e. The van der Waals surface area contributed by atoms with Gasteiger partial charge in [-0.1, -0.05) is 17.7 Å². The monoisotopic (exact) mass is 538 g/mol. The highest BCUT2D eigenvalue weighted by Gasteiger charge is 2.17. The van der Waals surface area contributed by atoms with Crippen LogP contribution in [0.25, 0.3) is 10.9 Å². The highest BCUT2D eigenvalue weighted by atomic mass is 35.5. The third-order valence-corrected chi connectivity index (χ3v) is 5.69. The second-order valence-electron chi connectivity index (χ2n) is 8.69. The number of carbonyl (C=O) groups is 1. The van der Waals surface area contributed by atoms with Crippen LogP contribution in [0.3, 0.4) is 0 Å². The zero-order chi connectivity index (χ0) is 27.1. The third kappa shape index (κ3) is 6.80. The third-order valence-electron chi connectivity index (χ3n) is 5.43. The number of aromatic nitrogens is 2. The van der Waals surface area contributed by atoms with Gasteiger partial charge in [0.05, 0.1) is 42.1 Å². The Hall–Kier alpha value is -4.11. The maximum absolute atomic E-state index is 14.4. The van der Waals surface area contributed by atoms with Crippen LogP contribution in [0, 0.1) is 11.7 Å². The lowest BCUT2D eigenvalue weighted by molar-refractivity contribution is -0.111. The van der Waals surface area contributed by atoms with E-state index in [1.54, 1.807) is 43.7 Å². The lowest BCUT2D eigenvalue weighted by atomic mass is 10.1. The number of hydrogen-bond acceptors (Lipinski definition) is 7. The molecule has 0 saturated carbocycles. The first kappa shape index (κ1) is 26.9. The predicted molar refractivity (Wildman–Crippen MR) is 146 cm³/mol. The molecule has 1 aliphatic rings. The van der Waals surface area contributed by atoms with E-state index in [1.165, 1.54) is 18.2 Å². The van der Waals surface area contributed by atoms with Crippen LogP contribution in [0.4, 0.5) is 21.5 Å². The Balaban J connectivity index is 1.64. The van der Waals surface area contributed by atoms with Crippen LogP contribution in [0.2, 0.25) is 5.15 Å². The van der Waals surface area contributed by atoms with Gasteiger partial charge >= 0.3 is 0 Å². The van der Waals surface area contributed by atoms with Gasteiger partial charge in [-0.05, 0) is 63.6 Å². The molecule has 0 aliphatic carbocycles. The molecular weight excluding hydrogens is 511 g/mol. The number of nitrogens with one attached hydrogen (secondary N) is 2. The van der Waals surface area contributed by atoms with Gasteiger partial charge in [0.15, 0.2) is 16.7 Å². The van der Waals surface area contributed by atoms with Crippen molar-refractivity contribution in [3.05, 3.63) is 78.1 Å². The van der Waals surface area contributed by atoms with E-state index in [9.17, 15) is 9.18 Å². The van der Waals surface area contributed by atoms with E-state index in [0.717, 1.165) is 0 Å². The van der Waals surface area contributed by atoms with Crippen LogP contribution in [0.1, 0.15) is 27.2 Å². The smallest absolute Gasteiger partial charge is 0.248 e. The average molecular weight is 539 g/mol. The standard InChI is InChI=1S/C28H28ClFN4O4/c1-4-37-24-9-8-19(14-21(24)30)31-27-20-15-23(25(38-17(2)3)16-22(20)33-34-28(27)29)32-26(35)7-5-6-18-10-12-36-13-11-18/h5,7-18H,4,6H2,1-3H3,(H,31,33)(H,32,35)/b7-5+. The molecule has 0 atom stereocenters. The first-order valence-electron chi connectivity index (χ1n) is 12.2. The van der Waals surface area contributed by atoms with E-state index in [1.807, 2.05) is 26.0 Å². The molecule has 0 saturated heterocycles. The number of nitrogens with zero attached hydrogens (tertiary/aromatic N) is 2.